The van der Waals surface area contributed by atoms with Crippen molar-refractivity contribution >= 4 is 8.32 Å². The smallest absolute Gasteiger partial charge is 0.186 e. The first-order valence-electron chi connectivity index (χ1n) is 4.57. The zero-order valence-electron chi connectivity index (χ0n) is 8.61. The molecule has 1 atom stereocenters. The Balaban J connectivity index is 3.52. The third kappa shape index (κ3) is 5.45. The Bertz CT molecular complexity index is 102. The van der Waals surface area contributed by atoms with Crippen LogP contribution in [0.2, 0.25) is 19.1 Å². The van der Waals surface area contributed by atoms with Gasteiger partial charge in [0.25, 0.3) is 0 Å². The van der Waals surface area contributed by atoms with Crippen LogP contribution in [-0.4, -0.2) is 15.4 Å². The first kappa shape index (κ1) is 11.2. The highest BCUT2D eigenvalue weighted by molar-refractivity contribution is 6.71. The molecule has 0 saturated heterocycles. The molecule has 11 heavy (non-hydrogen) atoms. The molecule has 0 radical (unpaired) electrons. The van der Waals surface area contributed by atoms with Crippen molar-refractivity contribution in [2.24, 2.45) is 5.92 Å². The number of hydrogen-bond acceptors (Lipinski definition) is 1. The van der Waals surface area contributed by atoms with Crippen molar-refractivity contribution in [2.45, 2.75) is 45.8 Å². The summed E-state index contributed by atoms with van der Waals surface area (Å²) >= 11 is 0. The maximum Gasteiger partial charge on any atom is 0.186 e. The average Bonchev–Trinajstić information content (AvgIpc) is 2.00. The van der Waals surface area contributed by atoms with Crippen LogP contribution in [0.4, 0.5) is 0 Å². The van der Waals surface area contributed by atoms with Crippen LogP contribution in [0.5, 0.6) is 0 Å². The fourth-order valence-corrected chi connectivity index (χ4v) is 2.29. The summed E-state index contributed by atoms with van der Waals surface area (Å²) in [5, 5.41) is 0. The van der Waals surface area contributed by atoms with Gasteiger partial charge < -0.3 is 4.43 Å². The van der Waals surface area contributed by atoms with E-state index in [9.17, 15) is 0 Å². The molecule has 1 nitrogen and oxygen atoms in total. The molecule has 0 aromatic rings. The molecule has 0 spiro atoms. The van der Waals surface area contributed by atoms with Crippen molar-refractivity contribution in [1.29, 1.82) is 0 Å². The Kier molecular flexibility index (Phi) is 5.02. The minimum Gasteiger partial charge on any atom is -0.420 e. The van der Waals surface area contributed by atoms with Crippen molar-refractivity contribution in [1.82, 2.24) is 0 Å². The van der Waals surface area contributed by atoms with E-state index in [0.29, 0.717) is 0 Å². The van der Waals surface area contributed by atoms with Crippen molar-refractivity contribution in [3.05, 3.63) is 0 Å². The van der Waals surface area contributed by atoms with Gasteiger partial charge in [-0.25, -0.2) is 0 Å². The van der Waals surface area contributed by atoms with Gasteiger partial charge in [-0.05, 0) is 25.1 Å². The fraction of sp³-hybridized carbons (Fsp3) is 1.00. The minimum absolute atomic E-state index is 0.872. The average molecular weight is 174 g/mol. The monoisotopic (exact) mass is 174 g/mol. The fourth-order valence-electron chi connectivity index (χ4n) is 0.900. The summed E-state index contributed by atoms with van der Waals surface area (Å²) in [4.78, 5) is 0. The van der Waals surface area contributed by atoms with Crippen molar-refractivity contribution in [2.75, 3.05) is 7.11 Å². The highest BCUT2D eigenvalue weighted by atomic mass is 28.4. The van der Waals surface area contributed by atoms with Gasteiger partial charge in [-0.3, -0.25) is 0 Å². The molecule has 0 aromatic carbocycles. The van der Waals surface area contributed by atoms with E-state index in [1.165, 1.54) is 18.9 Å². The Morgan fingerprint density at radius 2 is 1.91 bits per heavy atom. The topological polar surface area (TPSA) is 9.23 Å². The molecule has 0 aliphatic carbocycles. The highest BCUT2D eigenvalue weighted by Gasteiger charge is 2.20. The van der Waals surface area contributed by atoms with Gasteiger partial charge in [-0.2, -0.15) is 0 Å². The van der Waals surface area contributed by atoms with Gasteiger partial charge in [0.05, 0.1) is 0 Å². The highest BCUT2D eigenvalue weighted by Crippen LogP contribution is 2.18. The standard InChI is InChI=1S/C9H22OSi/c1-6-9(2)7-8-11(4,5)10-3/h9H,6-8H2,1-5H3. The lowest BCUT2D eigenvalue weighted by molar-refractivity contribution is 0.395. The molecule has 0 bridgehead atoms. The van der Waals surface area contributed by atoms with E-state index in [4.69, 9.17) is 4.43 Å². The van der Waals surface area contributed by atoms with E-state index in [2.05, 4.69) is 26.9 Å². The Morgan fingerprint density at radius 1 is 1.36 bits per heavy atom. The Labute approximate surface area is 72.3 Å². The van der Waals surface area contributed by atoms with Gasteiger partial charge >= 0.3 is 0 Å². The zero-order chi connectivity index (χ0) is 8.91. The van der Waals surface area contributed by atoms with Crippen molar-refractivity contribution in [3.63, 3.8) is 0 Å². The summed E-state index contributed by atoms with van der Waals surface area (Å²) < 4.78 is 5.47. The molecule has 0 aromatic heterocycles. The summed E-state index contributed by atoms with van der Waals surface area (Å²) in [7, 11) is 0.594. The molecule has 0 amide bonds. The predicted octanol–water partition coefficient (Wildman–Crippen LogP) is 3.27. The lowest BCUT2D eigenvalue weighted by Gasteiger charge is -2.21. The van der Waals surface area contributed by atoms with Crippen LogP contribution >= 0.6 is 0 Å². The Morgan fingerprint density at radius 3 is 2.27 bits per heavy atom. The van der Waals surface area contributed by atoms with E-state index >= 15 is 0 Å². The lowest BCUT2D eigenvalue weighted by Crippen LogP contribution is -2.28. The van der Waals surface area contributed by atoms with Gasteiger partial charge in [-0.1, -0.05) is 26.7 Å². The molecular formula is C9H22OSi. The predicted molar refractivity (Wildman–Crippen MR) is 53.4 cm³/mol. The molecule has 1 unspecified atom stereocenters. The minimum atomic E-state index is -1.26. The van der Waals surface area contributed by atoms with E-state index in [-0.39, 0.29) is 0 Å². The third-order valence-electron chi connectivity index (χ3n) is 2.49. The molecule has 68 valence electrons. The zero-order valence-corrected chi connectivity index (χ0v) is 9.61. The summed E-state index contributed by atoms with van der Waals surface area (Å²) in [6, 6.07) is 1.30. The Hall–Kier alpha value is 0.177. The van der Waals surface area contributed by atoms with E-state index in [0.717, 1.165) is 5.92 Å². The number of rotatable bonds is 5. The summed E-state index contributed by atoms with van der Waals surface area (Å²) in [5.74, 6) is 0.872. The normalized spacial score (nSPS) is 15.0. The first-order valence-corrected chi connectivity index (χ1v) is 7.68. The van der Waals surface area contributed by atoms with E-state index < -0.39 is 8.32 Å². The van der Waals surface area contributed by atoms with Crippen LogP contribution in [0.15, 0.2) is 0 Å². The van der Waals surface area contributed by atoms with Crippen LogP contribution in [-0.2, 0) is 4.43 Å². The van der Waals surface area contributed by atoms with Crippen LogP contribution in [0.1, 0.15) is 26.7 Å². The molecule has 0 heterocycles. The first-order chi connectivity index (χ1) is 5.02. The summed E-state index contributed by atoms with van der Waals surface area (Å²) in [6.07, 6.45) is 2.64. The molecule has 2 heteroatoms. The largest absolute Gasteiger partial charge is 0.420 e. The maximum atomic E-state index is 5.47. The second-order valence-electron chi connectivity index (χ2n) is 4.02. The van der Waals surface area contributed by atoms with Crippen molar-refractivity contribution < 1.29 is 4.43 Å². The van der Waals surface area contributed by atoms with Crippen LogP contribution in [0.25, 0.3) is 0 Å². The second kappa shape index (κ2) is 4.94. The lowest BCUT2D eigenvalue weighted by atomic mass is 10.1. The van der Waals surface area contributed by atoms with Gasteiger partial charge in [0, 0.05) is 7.11 Å². The van der Waals surface area contributed by atoms with Crippen LogP contribution < -0.4 is 0 Å². The third-order valence-corrected chi connectivity index (χ3v) is 5.09. The molecule has 0 saturated carbocycles. The summed E-state index contributed by atoms with van der Waals surface area (Å²) in [5.41, 5.74) is 0. The maximum absolute atomic E-state index is 5.47. The van der Waals surface area contributed by atoms with Crippen LogP contribution in [0, 0.1) is 5.92 Å². The van der Waals surface area contributed by atoms with Crippen molar-refractivity contribution in [3.8, 4) is 0 Å². The molecule has 0 fully saturated rings. The molecule has 0 aliphatic rings. The quantitative estimate of drug-likeness (QED) is 0.581. The van der Waals surface area contributed by atoms with E-state index in [1.807, 2.05) is 7.11 Å². The van der Waals surface area contributed by atoms with Gasteiger partial charge in [-0.15, -0.1) is 0 Å². The van der Waals surface area contributed by atoms with Crippen LogP contribution in [0.3, 0.4) is 0 Å². The number of hydrogen-bond donors (Lipinski definition) is 0. The van der Waals surface area contributed by atoms with Gasteiger partial charge in [0.2, 0.25) is 0 Å². The molecular weight excluding hydrogens is 152 g/mol. The molecule has 0 aliphatic heterocycles. The molecule has 0 rings (SSSR count). The summed E-state index contributed by atoms with van der Waals surface area (Å²) in [6.45, 7) is 9.15. The van der Waals surface area contributed by atoms with Gasteiger partial charge in [0.15, 0.2) is 8.32 Å². The SMILES string of the molecule is CCC(C)CC[Si](C)(C)OC. The molecule has 0 N–H and O–H groups in total. The second-order valence-corrected chi connectivity index (χ2v) is 8.44. The van der Waals surface area contributed by atoms with E-state index in [1.54, 1.807) is 0 Å². The van der Waals surface area contributed by atoms with Gasteiger partial charge in [0.1, 0.15) is 0 Å².